The van der Waals surface area contributed by atoms with Crippen LogP contribution in [0.4, 0.5) is 0 Å². The van der Waals surface area contributed by atoms with Gasteiger partial charge in [0.15, 0.2) is 16.6 Å². The van der Waals surface area contributed by atoms with E-state index in [-0.39, 0.29) is 28.0 Å². The molecule has 0 spiro atoms. The molecule has 0 bridgehead atoms. The molecule has 9 heteroatoms. The van der Waals surface area contributed by atoms with Crippen LogP contribution in [-0.2, 0) is 13.6 Å². The third kappa shape index (κ3) is 5.25. The Morgan fingerprint density at radius 1 is 1.03 bits per heavy atom. The summed E-state index contributed by atoms with van der Waals surface area (Å²) in [7, 11) is -4.06. The van der Waals surface area contributed by atoms with Crippen molar-refractivity contribution in [1.82, 2.24) is 14.0 Å². The number of fused-ring (bicyclic) bond motifs is 3. The second-order valence-corrected chi connectivity index (χ2v) is 23.2. The zero-order valence-corrected chi connectivity index (χ0v) is 26.5. The SMILES string of the molecule is Cc1cn(C2C[C@H](O[Si](C)(C)C(C)(C)C)[C@@H](CO[Si](C)(C)C(C)(C)C)O2)c(=O)n2c1nc1ccccc12. The Morgan fingerprint density at radius 2 is 1.65 bits per heavy atom. The van der Waals surface area contributed by atoms with Gasteiger partial charge in [-0.2, -0.15) is 0 Å². The van der Waals surface area contributed by atoms with Gasteiger partial charge in [-0.3, -0.25) is 4.57 Å². The first kappa shape index (κ1) is 28.2. The standard InChI is InChI=1S/C28H45N3O4Si2/c1-19-17-30(26(32)31-21-15-13-12-14-20(21)29-25(19)31)24-16-22(35-37(10,11)28(5,6)7)23(34-24)18-33-36(8,9)27(2,3)4/h12-15,17,22-24H,16,18H2,1-11H3/t22-,23+,24?/m0/s1. The van der Waals surface area contributed by atoms with Crippen LogP contribution in [0.3, 0.4) is 0 Å². The van der Waals surface area contributed by atoms with Gasteiger partial charge in [0.25, 0.3) is 0 Å². The Morgan fingerprint density at radius 3 is 2.27 bits per heavy atom. The Kier molecular flexibility index (Phi) is 7.21. The highest BCUT2D eigenvalue weighted by Crippen LogP contribution is 2.42. The molecule has 0 amide bonds. The summed E-state index contributed by atoms with van der Waals surface area (Å²) in [5.74, 6) is 0. The Hall–Kier alpha value is -1.79. The summed E-state index contributed by atoms with van der Waals surface area (Å²) in [6, 6.07) is 7.76. The molecule has 3 atom stereocenters. The van der Waals surface area contributed by atoms with E-state index in [0.717, 1.165) is 16.6 Å². The molecule has 0 saturated carbocycles. The summed E-state index contributed by atoms with van der Waals surface area (Å²) in [5, 5.41) is 0.167. The second kappa shape index (κ2) is 9.45. The highest BCUT2D eigenvalue weighted by atomic mass is 28.4. The number of hydrogen-bond acceptors (Lipinski definition) is 5. The van der Waals surface area contributed by atoms with Crippen LogP contribution in [0, 0.1) is 6.92 Å². The molecule has 3 aromatic rings. The summed E-state index contributed by atoms with van der Waals surface area (Å²) < 4.78 is 23.6. The molecule has 0 N–H and O–H groups in total. The fraction of sp³-hybridized carbons (Fsp3) is 0.643. The van der Waals surface area contributed by atoms with E-state index < -0.39 is 22.9 Å². The minimum Gasteiger partial charge on any atom is -0.414 e. The van der Waals surface area contributed by atoms with Crippen LogP contribution < -0.4 is 5.69 Å². The van der Waals surface area contributed by atoms with Crippen molar-refractivity contribution in [1.29, 1.82) is 0 Å². The smallest absolute Gasteiger partial charge is 0.336 e. The van der Waals surface area contributed by atoms with Gasteiger partial charge in [0.05, 0.1) is 23.7 Å². The molecule has 2 aromatic heterocycles. The molecular weight excluding hydrogens is 498 g/mol. The number of benzene rings is 1. The summed E-state index contributed by atoms with van der Waals surface area (Å²) >= 11 is 0. The van der Waals surface area contributed by atoms with E-state index in [2.05, 4.69) is 67.7 Å². The lowest BCUT2D eigenvalue weighted by Gasteiger charge is -2.40. The predicted octanol–water partition coefficient (Wildman–Crippen LogP) is 6.66. The van der Waals surface area contributed by atoms with Gasteiger partial charge in [0.1, 0.15) is 18.0 Å². The van der Waals surface area contributed by atoms with Crippen molar-refractivity contribution in [2.75, 3.05) is 6.61 Å². The number of aromatic nitrogens is 3. The molecule has 0 radical (unpaired) electrons. The minimum atomic E-state index is -2.07. The van der Waals surface area contributed by atoms with E-state index in [1.165, 1.54) is 0 Å². The van der Waals surface area contributed by atoms with E-state index >= 15 is 0 Å². The number of aryl methyl sites for hydroxylation is 1. The van der Waals surface area contributed by atoms with Crippen molar-refractivity contribution in [3.63, 3.8) is 0 Å². The molecule has 37 heavy (non-hydrogen) atoms. The van der Waals surface area contributed by atoms with Gasteiger partial charge < -0.3 is 13.6 Å². The number of hydrogen-bond donors (Lipinski definition) is 0. The summed E-state index contributed by atoms with van der Waals surface area (Å²) in [6.45, 7) is 25.0. The van der Waals surface area contributed by atoms with Crippen molar-refractivity contribution in [3.05, 3.63) is 46.5 Å². The number of ether oxygens (including phenoxy) is 1. The van der Waals surface area contributed by atoms with E-state index in [4.69, 9.17) is 18.6 Å². The van der Waals surface area contributed by atoms with Gasteiger partial charge in [-0.05, 0) is 55.3 Å². The van der Waals surface area contributed by atoms with Gasteiger partial charge in [0.2, 0.25) is 0 Å². The van der Waals surface area contributed by atoms with Crippen molar-refractivity contribution >= 4 is 33.3 Å². The molecule has 0 aliphatic carbocycles. The van der Waals surface area contributed by atoms with Gasteiger partial charge in [0, 0.05) is 18.2 Å². The molecule has 1 aromatic carbocycles. The third-order valence-electron chi connectivity index (χ3n) is 8.82. The maximum atomic E-state index is 13.8. The van der Waals surface area contributed by atoms with E-state index in [1.807, 2.05) is 37.4 Å². The van der Waals surface area contributed by atoms with Gasteiger partial charge >= 0.3 is 5.69 Å². The third-order valence-corrected chi connectivity index (χ3v) is 17.8. The van der Waals surface area contributed by atoms with Crippen molar-refractivity contribution in [3.8, 4) is 0 Å². The van der Waals surface area contributed by atoms with Gasteiger partial charge in [-0.25, -0.2) is 14.2 Å². The molecule has 4 rings (SSSR count). The van der Waals surface area contributed by atoms with Gasteiger partial charge in [-0.15, -0.1) is 0 Å². The molecule has 1 aliphatic rings. The van der Waals surface area contributed by atoms with Gasteiger partial charge in [-0.1, -0.05) is 53.7 Å². The van der Waals surface area contributed by atoms with E-state index in [9.17, 15) is 4.79 Å². The Balaban J connectivity index is 1.71. The molecule has 1 fully saturated rings. The monoisotopic (exact) mass is 543 g/mol. The lowest BCUT2D eigenvalue weighted by molar-refractivity contribution is -0.0413. The summed E-state index contributed by atoms with van der Waals surface area (Å²) in [4.78, 5) is 18.5. The largest absolute Gasteiger partial charge is 0.414 e. The normalized spacial score (nSPS) is 21.9. The number of nitrogens with zero attached hydrogens (tertiary/aromatic N) is 3. The molecule has 3 heterocycles. The number of rotatable bonds is 6. The van der Waals surface area contributed by atoms with Crippen LogP contribution in [0.1, 0.15) is 59.8 Å². The summed E-state index contributed by atoms with van der Waals surface area (Å²) in [6.07, 6.45) is 1.68. The Bertz CT molecular complexity index is 1350. The lowest BCUT2D eigenvalue weighted by Crippen LogP contribution is -2.48. The van der Waals surface area contributed by atoms with Crippen molar-refractivity contribution in [2.45, 2.75) is 110 Å². The average Bonchev–Trinajstić information content (AvgIpc) is 3.35. The zero-order chi connectivity index (χ0) is 27.6. The molecule has 7 nitrogen and oxygen atoms in total. The topological polar surface area (TPSA) is 67.0 Å². The molecule has 1 unspecified atom stereocenters. The molecule has 1 saturated heterocycles. The Labute approximate surface area is 223 Å². The zero-order valence-electron chi connectivity index (χ0n) is 24.5. The first-order chi connectivity index (χ1) is 16.9. The average molecular weight is 544 g/mol. The summed E-state index contributed by atoms with van der Waals surface area (Å²) in [5.41, 5.74) is 3.10. The fourth-order valence-corrected chi connectivity index (χ4v) is 6.71. The van der Waals surface area contributed by atoms with Crippen LogP contribution in [0.15, 0.2) is 35.3 Å². The van der Waals surface area contributed by atoms with Crippen LogP contribution in [0.25, 0.3) is 16.7 Å². The maximum absolute atomic E-state index is 13.8. The predicted molar refractivity (Wildman–Crippen MR) is 155 cm³/mol. The van der Waals surface area contributed by atoms with E-state index in [0.29, 0.717) is 18.7 Å². The quantitative estimate of drug-likeness (QED) is 0.325. The number of para-hydroxylation sites is 2. The van der Waals surface area contributed by atoms with Crippen LogP contribution in [-0.4, -0.2) is 49.4 Å². The van der Waals surface area contributed by atoms with Crippen LogP contribution in [0.2, 0.25) is 36.3 Å². The molecular formula is C28H45N3O4Si2. The van der Waals surface area contributed by atoms with E-state index in [1.54, 1.807) is 8.97 Å². The highest BCUT2D eigenvalue weighted by molar-refractivity contribution is 6.74. The number of imidazole rings is 1. The van der Waals surface area contributed by atoms with Crippen LogP contribution >= 0.6 is 0 Å². The van der Waals surface area contributed by atoms with Crippen molar-refractivity contribution < 1.29 is 13.6 Å². The minimum absolute atomic E-state index is 0.0674. The molecule has 204 valence electrons. The first-order valence-corrected chi connectivity index (χ1v) is 19.2. The first-order valence-electron chi connectivity index (χ1n) is 13.4. The molecule has 1 aliphatic heterocycles. The lowest BCUT2D eigenvalue weighted by atomic mass is 10.2. The fourth-order valence-electron chi connectivity index (χ4n) is 4.33. The highest BCUT2D eigenvalue weighted by Gasteiger charge is 2.46. The van der Waals surface area contributed by atoms with Crippen LogP contribution in [0.5, 0.6) is 0 Å². The second-order valence-electron chi connectivity index (χ2n) is 13.6. The maximum Gasteiger partial charge on any atom is 0.336 e. The van der Waals surface area contributed by atoms with Crippen molar-refractivity contribution in [2.24, 2.45) is 0 Å².